The van der Waals surface area contributed by atoms with Crippen LogP contribution in [-0.4, -0.2) is 60.2 Å². The summed E-state index contributed by atoms with van der Waals surface area (Å²) in [6.07, 6.45) is 4.15. The van der Waals surface area contributed by atoms with Crippen molar-refractivity contribution < 1.29 is 37.3 Å². The van der Waals surface area contributed by atoms with Gasteiger partial charge in [0.2, 0.25) is 5.75 Å². The number of carboxylic acids is 1. The largest absolute Gasteiger partial charge is 0.493 e. The van der Waals surface area contributed by atoms with Crippen LogP contribution in [0.2, 0.25) is 0 Å². The van der Waals surface area contributed by atoms with E-state index in [0.717, 1.165) is 55.3 Å². The first-order valence-electron chi connectivity index (χ1n) is 12.5. The summed E-state index contributed by atoms with van der Waals surface area (Å²) in [5.41, 5.74) is 1.82. The van der Waals surface area contributed by atoms with E-state index in [2.05, 4.69) is 17.2 Å². The Labute approximate surface area is 223 Å². The van der Waals surface area contributed by atoms with Crippen LogP contribution in [-0.2, 0) is 11.3 Å². The van der Waals surface area contributed by atoms with Gasteiger partial charge in [0.1, 0.15) is 6.10 Å². The molecule has 4 rings (SSSR count). The zero-order chi connectivity index (χ0) is 28.6. The van der Waals surface area contributed by atoms with Gasteiger partial charge < -0.3 is 29.2 Å². The fraction of sp³-hybridized carbons (Fsp3) is 0.444. The van der Waals surface area contributed by atoms with Crippen molar-refractivity contribution in [3.8, 4) is 28.4 Å². The van der Waals surface area contributed by atoms with Gasteiger partial charge in [0, 0.05) is 30.7 Å². The van der Waals surface area contributed by atoms with Crippen LogP contribution in [0, 0.1) is 0 Å². The maximum absolute atomic E-state index is 13.0. The summed E-state index contributed by atoms with van der Waals surface area (Å²) in [7, 11) is 3.27. The minimum Gasteiger partial charge on any atom is -0.493 e. The Morgan fingerprint density at radius 3 is 2.31 bits per heavy atom. The molecule has 0 atom stereocenters. The molecule has 0 spiro atoms. The zero-order valence-electron chi connectivity index (χ0n) is 22.0. The number of nitrogens with zero attached hydrogens (tertiary/aromatic N) is 2. The monoisotopic (exact) mass is 551 g/mol. The SMILES string of the molecule is CCCCn1cc(-c2cc(OC)c(OC3CCNCC3)c(OC)c2)c2ccncc2c1=O.O=C(O)C(F)(F)F. The van der Waals surface area contributed by atoms with Gasteiger partial charge in [-0.3, -0.25) is 9.78 Å². The lowest BCUT2D eigenvalue weighted by Gasteiger charge is -2.26. The molecule has 1 saturated heterocycles. The average molecular weight is 552 g/mol. The summed E-state index contributed by atoms with van der Waals surface area (Å²) >= 11 is 0. The van der Waals surface area contributed by atoms with Crippen LogP contribution in [0.25, 0.3) is 21.9 Å². The molecule has 9 nitrogen and oxygen atoms in total. The molecule has 212 valence electrons. The predicted octanol–water partition coefficient (Wildman–Crippen LogP) is 4.64. The highest BCUT2D eigenvalue weighted by Crippen LogP contribution is 2.43. The van der Waals surface area contributed by atoms with Crippen LogP contribution in [0.3, 0.4) is 0 Å². The normalized spacial score (nSPS) is 13.9. The van der Waals surface area contributed by atoms with E-state index < -0.39 is 12.1 Å². The van der Waals surface area contributed by atoms with Crippen LogP contribution in [0.4, 0.5) is 13.2 Å². The lowest BCUT2D eigenvalue weighted by atomic mass is 10.0. The molecular formula is C27H32F3N3O6. The number of halogens is 3. The van der Waals surface area contributed by atoms with Gasteiger partial charge in [-0.1, -0.05) is 13.3 Å². The van der Waals surface area contributed by atoms with Gasteiger partial charge in [0.15, 0.2) is 11.5 Å². The van der Waals surface area contributed by atoms with E-state index in [4.69, 9.17) is 24.1 Å². The fourth-order valence-electron chi connectivity index (χ4n) is 4.19. The first-order valence-corrected chi connectivity index (χ1v) is 12.5. The molecular weight excluding hydrogens is 519 g/mol. The number of pyridine rings is 2. The molecule has 1 aliphatic heterocycles. The summed E-state index contributed by atoms with van der Waals surface area (Å²) in [6.45, 7) is 4.66. The van der Waals surface area contributed by atoms with E-state index in [9.17, 15) is 18.0 Å². The number of aliphatic carboxylic acids is 1. The molecule has 0 radical (unpaired) electrons. The van der Waals surface area contributed by atoms with E-state index in [1.54, 1.807) is 31.2 Å². The summed E-state index contributed by atoms with van der Waals surface area (Å²) in [5.74, 6) is -0.902. The summed E-state index contributed by atoms with van der Waals surface area (Å²) in [6, 6.07) is 5.81. The summed E-state index contributed by atoms with van der Waals surface area (Å²) < 4.78 is 51.3. The quantitative estimate of drug-likeness (QED) is 0.416. The number of hydrogen-bond donors (Lipinski definition) is 2. The second-order valence-corrected chi connectivity index (χ2v) is 8.90. The molecule has 3 aromatic rings. The number of carboxylic acid groups (broad SMARTS) is 1. The number of aromatic nitrogens is 2. The number of carbonyl (C=O) groups is 1. The van der Waals surface area contributed by atoms with Crippen molar-refractivity contribution in [2.75, 3.05) is 27.3 Å². The van der Waals surface area contributed by atoms with Gasteiger partial charge >= 0.3 is 12.1 Å². The van der Waals surface area contributed by atoms with Gasteiger partial charge in [0.05, 0.1) is 19.6 Å². The number of hydrogen-bond acceptors (Lipinski definition) is 7. The number of aryl methyl sites for hydroxylation is 1. The minimum atomic E-state index is -5.08. The smallest absolute Gasteiger partial charge is 0.490 e. The number of alkyl halides is 3. The maximum Gasteiger partial charge on any atom is 0.490 e. The number of piperidine rings is 1. The number of benzene rings is 1. The Hall–Kier alpha value is -3.80. The number of unbranched alkanes of at least 4 members (excludes halogenated alkanes) is 1. The van der Waals surface area contributed by atoms with Gasteiger partial charge in [-0.15, -0.1) is 0 Å². The number of fused-ring (bicyclic) bond motifs is 1. The standard InChI is InChI=1S/C25H31N3O4.C2HF3O2/c1-4-5-12-28-16-21(19-8-11-27-15-20(19)25(28)29)17-13-22(30-2)24(23(14-17)31-3)32-18-6-9-26-10-7-18;3-2(4,5)1(6)7/h8,11,13-16,18,26H,4-7,9-10,12H2,1-3H3;(H,6,7). The minimum absolute atomic E-state index is 0.0184. The summed E-state index contributed by atoms with van der Waals surface area (Å²) in [5, 5.41) is 11.9. The van der Waals surface area contributed by atoms with Crippen molar-refractivity contribution in [1.82, 2.24) is 14.9 Å². The Bertz CT molecular complexity index is 1310. The average Bonchev–Trinajstić information content (AvgIpc) is 2.93. The third-order valence-electron chi connectivity index (χ3n) is 6.22. The van der Waals surface area contributed by atoms with Crippen molar-refractivity contribution in [1.29, 1.82) is 0 Å². The van der Waals surface area contributed by atoms with Crippen LogP contribution in [0.15, 0.2) is 41.6 Å². The number of nitrogens with one attached hydrogen (secondary N) is 1. The van der Waals surface area contributed by atoms with Crippen LogP contribution in [0.5, 0.6) is 17.2 Å². The first kappa shape index (κ1) is 29.8. The number of ether oxygens (including phenoxy) is 3. The Morgan fingerprint density at radius 2 is 1.77 bits per heavy atom. The third-order valence-corrected chi connectivity index (χ3v) is 6.22. The zero-order valence-corrected chi connectivity index (χ0v) is 22.0. The molecule has 1 aliphatic rings. The topological polar surface area (TPSA) is 112 Å². The van der Waals surface area contributed by atoms with Crippen molar-refractivity contribution in [3.63, 3.8) is 0 Å². The molecule has 3 heterocycles. The van der Waals surface area contributed by atoms with Gasteiger partial charge in [-0.05, 0) is 61.5 Å². The number of methoxy groups -OCH3 is 2. The Kier molecular flexibility index (Phi) is 10.2. The van der Waals surface area contributed by atoms with Crippen molar-refractivity contribution in [2.45, 2.75) is 51.4 Å². The second kappa shape index (κ2) is 13.3. The van der Waals surface area contributed by atoms with Crippen molar-refractivity contribution in [3.05, 3.63) is 47.1 Å². The molecule has 1 aromatic carbocycles. The molecule has 2 N–H and O–H groups in total. The van der Waals surface area contributed by atoms with E-state index in [-0.39, 0.29) is 11.7 Å². The lowest BCUT2D eigenvalue weighted by Crippen LogP contribution is -2.34. The molecule has 0 bridgehead atoms. The van der Waals surface area contributed by atoms with Crippen LogP contribution < -0.4 is 25.1 Å². The van der Waals surface area contributed by atoms with Crippen LogP contribution in [0.1, 0.15) is 32.6 Å². The van der Waals surface area contributed by atoms with Gasteiger partial charge in [0.25, 0.3) is 5.56 Å². The van der Waals surface area contributed by atoms with Crippen LogP contribution >= 0.6 is 0 Å². The molecule has 0 amide bonds. The van der Waals surface area contributed by atoms with E-state index in [0.29, 0.717) is 29.2 Å². The maximum atomic E-state index is 13.0. The van der Waals surface area contributed by atoms with E-state index in [1.807, 2.05) is 24.4 Å². The van der Waals surface area contributed by atoms with Gasteiger partial charge in [-0.2, -0.15) is 13.2 Å². The summed E-state index contributed by atoms with van der Waals surface area (Å²) in [4.78, 5) is 26.1. The molecule has 39 heavy (non-hydrogen) atoms. The fourth-order valence-corrected chi connectivity index (χ4v) is 4.19. The first-order chi connectivity index (χ1) is 18.6. The molecule has 0 aliphatic carbocycles. The highest BCUT2D eigenvalue weighted by Gasteiger charge is 2.38. The molecule has 2 aromatic heterocycles. The van der Waals surface area contributed by atoms with Gasteiger partial charge in [-0.25, -0.2) is 4.79 Å². The predicted molar refractivity (Wildman–Crippen MR) is 140 cm³/mol. The molecule has 0 saturated carbocycles. The lowest BCUT2D eigenvalue weighted by molar-refractivity contribution is -0.192. The van der Waals surface area contributed by atoms with Crippen molar-refractivity contribution >= 4 is 16.7 Å². The third kappa shape index (κ3) is 7.41. The highest BCUT2D eigenvalue weighted by molar-refractivity contribution is 5.96. The molecule has 1 fully saturated rings. The number of rotatable bonds is 8. The van der Waals surface area contributed by atoms with E-state index in [1.165, 1.54) is 0 Å². The highest BCUT2D eigenvalue weighted by atomic mass is 19.4. The van der Waals surface area contributed by atoms with E-state index >= 15 is 0 Å². The second-order valence-electron chi connectivity index (χ2n) is 8.90. The Balaban J connectivity index is 0.000000532. The Morgan fingerprint density at radius 1 is 1.15 bits per heavy atom. The van der Waals surface area contributed by atoms with Crippen molar-refractivity contribution in [2.24, 2.45) is 0 Å². The molecule has 12 heteroatoms. The molecule has 0 unspecified atom stereocenters.